The maximum Gasteiger partial charge on any atom is 0.220 e. The fourth-order valence-electron chi connectivity index (χ4n) is 6.99. The van der Waals surface area contributed by atoms with E-state index in [9.17, 15) is 4.79 Å². The molecule has 1 heterocycles. The summed E-state index contributed by atoms with van der Waals surface area (Å²) < 4.78 is 0. The molecule has 2 aliphatic carbocycles. The minimum absolute atomic E-state index is 0.277. The second-order valence-corrected chi connectivity index (χ2v) is 10.5. The van der Waals surface area contributed by atoms with E-state index in [2.05, 4.69) is 54.8 Å². The number of hydrogen-bond donors (Lipinski definition) is 2. The summed E-state index contributed by atoms with van der Waals surface area (Å²) in [7, 11) is 0. The Morgan fingerprint density at radius 1 is 1.21 bits per heavy atom. The van der Waals surface area contributed by atoms with Crippen molar-refractivity contribution in [1.82, 2.24) is 10.6 Å². The molecule has 29 heavy (non-hydrogen) atoms. The molecule has 2 saturated carbocycles. The fraction of sp³-hybridized carbons (Fsp3) is 0.731. The molecule has 0 radical (unpaired) electrons. The van der Waals surface area contributed by atoms with Crippen LogP contribution in [0.1, 0.15) is 90.0 Å². The van der Waals surface area contributed by atoms with E-state index in [1.165, 1.54) is 44.9 Å². The lowest BCUT2D eigenvalue weighted by atomic mass is 9.49. The Morgan fingerprint density at radius 2 is 2.03 bits per heavy atom. The quantitative estimate of drug-likeness (QED) is 0.681. The molecule has 3 fully saturated rings. The minimum atomic E-state index is 0.277. The Morgan fingerprint density at radius 3 is 2.79 bits per heavy atom. The summed E-state index contributed by atoms with van der Waals surface area (Å²) in [6.07, 6.45) is 13.2. The minimum Gasteiger partial charge on any atom is -0.353 e. The van der Waals surface area contributed by atoms with Gasteiger partial charge >= 0.3 is 0 Å². The Balaban J connectivity index is 1.40. The Hall–Kier alpha value is -1.35. The van der Waals surface area contributed by atoms with E-state index < -0.39 is 0 Å². The molecule has 1 aromatic rings. The molecule has 1 aromatic carbocycles. The monoisotopic (exact) mass is 396 g/mol. The van der Waals surface area contributed by atoms with Crippen molar-refractivity contribution in [3.63, 3.8) is 0 Å². The molecular formula is C26H40N2O. The van der Waals surface area contributed by atoms with Gasteiger partial charge in [0, 0.05) is 18.5 Å². The van der Waals surface area contributed by atoms with Crippen LogP contribution in [0.15, 0.2) is 30.3 Å². The van der Waals surface area contributed by atoms with E-state index in [-0.39, 0.29) is 5.91 Å². The molecule has 0 spiro atoms. The van der Waals surface area contributed by atoms with Crippen LogP contribution in [0.25, 0.3) is 0 Å². The summed E-state index contributed by atoms with van der Waals surface area (Å²) in [4.78, 5) is 12.7. The molecule has 1 saturated heterocycles. The summed E-state index contributed by atoms with van der Waals surface area (Å²) in [6.45, 7) is 5.63. The SMILES string of the molecule is CC[C@@]12CCC[C@@](c3ccccc3)(CC(CCC(=O)N[C@H]3CCN[C@@H](C)C3)C1)C2. The van der Waals surface area contributed by atoms with Crippen LogP contribution in [0.4, 0.5) is 0 Å². The third-order valence-electron chi connectivity index (χ3n) is 8.38. The van der Waals surface area contributed by atoms with Crippen LogP contribution in [0.3, 0.4) is 0 Å². The molecule has 0 aromatic heterocycles. The van der Waals surface area contributed by atoms with Gasteiger partial charge in [0.05, 0.1) is 0 Å². The van der Waals surface area contributed by atoms with Gasteiger partial charge in [-0.05, 0) is 87.1 Å². The predicted octanol–water partition coefficient (Wildman–Crippen LogP) is 5.34. The van der Waals surface area contributed by atoms with Gasteiger partial charge in [-0.3, -0.25) is 4.79 Å². The van der Waals surface area contributed by atoms with Crippen molar-refractivity contribution in [3.05, 3.63) is 35.9 Å². The van der Waals surface area contributed by atoms with Crippen LogP contribution >= 0.6 is 0 Å². The summed E-state index contributed by atoms with van der Waals surface area (Å²) in [5, 5.41) is 6.80. The number of fused-ring (bicyclic) bond motifs is 2. The zero-order valence-electron chi connectivity index (χ0n) is 18.5. The topological polar surface area (TPSA) is 41.1 Å². The van der Waals surface area contributed by atoms with Gasteiger partial charge in [0.2, 0.25) is 5.91 Å². The summed E-state index contributed by atoms with van der Waals surface area (Å²) >= 11 is 0. The molecule has 3 aliphatic rings. The Labute approximate surface area is 177 Å². The normalized spacial score (nSPS) is 37.1. The molecule has 2 bridgehead atoms. The molecule has 1 unspecified atom stereocenters. The van der Waals surface area contributed by atoms with Crippen LogP contribution < -0.4 is 10.6 Å². The number of amides is 1. The van der Waals surface area contributed by atoms with Gasteiger partial charge < -0.3 is 10.6 Å². The summed E-state index contributed by atoms with van der Waals surface area (Å²) in [5.41, 5.74) is 2.40. The largest absolute Gasteiger partial charge is 0.353 e. The average molecular weight is 397 g/mol. The number of carbonyl (C=O) groups is 1. The Bertz CT molecular complexity index is 689. The van der Waals surface area contributed by atoms with Crippen molar-refractivity contribution in [2.24, 2.45) is 11.3 Å². The second-order valence-electron chi connectivity index (χ2n) is 10.5. The highest BCUT2D eigenvalue weighted by Crippen LogP contribution is 2.60. The van der Waals surface area contributed by atoms with Gasteiger partial charge in [-0.25, -0.2) is 0 Å². The molecule has 5 atom stereocenters. The van der Waals surface area contributed by atoms with E-state index >= 15 is 0 Å². The van der Waals surface area contributed by atoms with Crippen LogP contribution in [-0.4, -0.2) is 24.5 Å². The highest BCUT2D eigenvalue weighted by Gasteiger charge is 2.50. The third-order valence-corrected chi connectivity index (χ3v) is 8.38. The number of nitrogens with one attached hydrogen (secondary N) is 2. The molecule has 1 aliphatic heterocycles. The van der Waals surface area contributed by atoms with E-state index in [1.54, 1.807) is 5.56 Å². The first-order valence-corrected chi connectivity index (χ1v) is 12.1. The summed E-state index contributed by atoms with van der Waals surface area (Å²) in [5.74, 6) is 0.959. The maximum atomic E-state index is 12.7. The van der Waals surface area contributed by atoms with E-state index in [0.29, 0.717) is 35.3 Å². The number of rotatable bonds is 6. The van der Waals surface area contributed by atoms with Gasteiger partial charge in [-0.15, -0.1) is 0 Å². The van der Waals surface area contributed by atoms with Gasteiger partial charge in [-0.1, -0.05) is 50.1 Å². The fourth-order valence-corrected chi connectivity index (χ4v) is 6.99. The van der Waals surface area contributed by atoms with E-state index in [1.807, 2.05) is 0 Å². The molecule has 4 rings (SSSR count). The zero-order valence-corrected chi connectivity index (χ0v) is 18.5. The van der Waals surface area contributed by atoms with Crippen LogP contribution in [0.2, 0.25) is 0 Å². The molecule has 2 N–H and O–H groups in total. The maximum absolute atomic E-state index is 12.7. The van der Waals surface area contributed by atoms with E-state index in [0.717, 1.165) is 25.8 Å². The number of hydrogen-bond acceptors (Lipinski definition) is 2. The van der Waals surface area contributed by atoms with Crippen molar-refractivity contribution < 1.29 is 4.79 Å². The van der Waals surface area contributed by atoms with Gasteiger partial charge in [0.1, 0.15) is 0 Å². The lowest BCUT2D eigenvalue weighted by Crippen LogP contribution is -2.47. The van der Waals surface area contributed by atoms with Crippen molar-refractivity contribution in [2.75, 3.05) is 6.54 Å². The Kier molecular flexibility index (Phi) is 6.34. The van der Waals surface area contributed by atoms with Crippen LogP contribution in [0, 0.1) is 11.3 Å². The highest BCUT2D eigenvalue weighted by atomic mass is 16.1. The lowest BCUT2D eigenvalue weighted by molar-refractivity contribution is -0.122. The number of carbonyl (C=O) groups excluding carboxylic acids is 1. The predicted molar refractivity (Wildman–Crippen MR) is 120 cm³/mol. The molecule has 3 nitrogen and oxygen atoms in total. The molecule has 160 valence electrons. The first-order chi connectivity index (χ1) is 14.0. The summed E-state index contributed by atoms with van der Waals surface area (Å²) in [6, 6.07) is 12.2. The van der Waals surface area contributed by atoms with Crippen LogP contribution in [-0.2, 0) is 10.2 Å². The second kappa shape index (κ2) is 8.79. The number of benzene rings is 1. The van der Waals surface area contributed by atoms with Gasteiger partial charge in [0.15, 0.2) is 0 Å². The first kappa shape index (κ1) is 20.9. The van der Waals surface area contributed by atoms with Crippen molar-refractivity contribution in [2.45, 2.75) is 102 Å². The highest BCUT2D eigenvalue weighted by molar-refractivity contribution is 5.76. The number of piperidine rings is 1. The third kappa shape index (κ3) is 4.71. The smallest absolute Gasteiger partial charge is 0.220 e. The molecule has 3 heteroatoms. The molecule has 1 amide bonds. The first-order valence-electron chi connectivity index (χ1n) is 12.1. The standard InChI is InChI=1S/C26H40N2O/c1-3-25-13-7-14-26(19-25,22-8-5-4-6-9-22)18-21(17-25)10-11-24(29)28-23-12-15-27-20(2)16-23/h4-6,8-9,20-21,23,27H,3,7,10-19H2,1-2H3,(H,28,29)/t20-,21?,23-,25+,26+/m0/s1. The van der Waals surface area contributed by atoms with Crippen molar-refractivity contribution >= 4 is 5.91 Å². The zero-order chi connectivity index (χ0) is 20.3. The van der Waals surface area contributed by atoms with E-state index in [4.69, 9.17) is 0 Å². The van der Waals surface area contributed by atoms with Crippen LogP contribution in [0.5, 0.6) is 0 Å². The van der Waals surface area contributed by atoms with Gasteiger partial charge in [-0.2, -0.15) is 0 Å². The van der Waals surface area contributed by atoms with Gasteiger partial charge in [0.25, 0.3) is 0 Å². The molecular weight excluding hydrogens is 356 g/mol. The van der Waals surface area contributed by atoms with Crippen molar-refractivity contribution in [1.29, 1.82) is 0 Å². The average Bonchev–Trinajstić information content (AvgIpc) is 2.73. The lowest BCUT2D eigenvalue weighted by Gasteiger charge is -2.55. The van der Waals surface area contributed by atoms with Crippen molar-refractivity contribution in [3.8, 4) is 0 Å².